The third-order valence-corrected chi connectivity index (χ3v) is 3.59. The van der Waals surface area contributed by atoms with Gasteiger partial charge in [-0.3, -0.25) is 13.8 Å². The van der Waals surface area contributed by atoms with E-state index in [1.807, 2.05) is 13.8 Å². The summed E-state index contributed by atoms with van der Waals surface area (Å²) in [7, 11) is -4.99. The van der Waals surface area contributed by atoms with Crippen molar-refractivity contribution in [1.29, 1.82) is 0 Å². The van der Waals surface area contributed by atoms with E-state index in [2.05, 4.69) is 4.18 Å². The van der Waals surface area contributed by atoms with Gasteiger partial charge in [-0.15, -0.1) is 0 Å². The molecule has 0 saturated heterocycles. The van der Waals surface area contributed by atoms with Gasteiger partial charge in [0.2, 0.25) is 10.4 Å². The largest absolute Gasteiger partial charge is 0.726 e. The van der Waals surface area contributed by atoms with Crippen molar-refractivity contribution in [2.45, 2.75) is 71.3 Å². The summed E-state index contributed by atoms with van der Waals surface area (Å²) in [6.45, 7) is 3.05. The molecule has 0 heterocycles. The van der Waals surface area contributed by atoms with Crippen molar-refractivity contribution in [1.82, 2.24) is 0 Å². The molecule has 0 amide bonds. The van der Waals surface area contributed by atoms with Gasteiger partial charge in [0.05, 0.1) is 0 Å². The Kier molecular flexibility index (Phi) is 12.5. The first-order valence-corrected chi connectivity index (χ1v) is 9.57. The van der Waals surface area contributed by atoms with Crippen molar-refractivity contribution in [3.63, 3.8) is 0 Å². The minimum atomic E-state index is -4.99. The number of ether oxygens (including phenoxy) is 2. The topological polar surface area (TPSA) is 119 Å². The molecule has 0 bridgehead atoms. The number of rotatable bonds is 14. The highest BCUT2D eigenvalue weighted by Crippen LogP contribution is 2.06. The number of esters is 2. The van der Waals surface area contributed by atoms with Crippen molar-refractivity contribution in [2.75, 3.05) is 13.2 Å². The van der Waals surface area contributed by atoms with E-state index in [1.54, 1.807) is 0 Å². The van der Waals surface area contributed by atoms with E-state index in [4.69, 9.17) is 9.47 Å². The zero-order valence-electron chi connectivity index (χ0n) is 14.3. The minimum Gasteiger partial charge on any atom is -0.726 e. The predicted molar refractivity (Wildman–Crippen MR) is 84.8 cm³/mol. The van der Waals surface area contributed by atoms with E-state index in [9.17, 15) is 22.6 Å². The Labute approximate surface area is 143 Å². The molecule has 0 aromatic carbocycles. The fourth-order valence-electron chi connectivity index (χ4n) is 1.83. The number of hydrogen-bond donors (Lipinski definition) is 0. The Morgan fingerprint density at radius 3 is 1.62 bits per heavy atom. The Balaban J connectivity index is 4.28. The molecular weight excluding hydrogens is 340 g/mol. The Bertz CT molecular complexity index is 434. The SMILES string of the molecule is CCCCCC(=O)OCC(COC(=O)CCCCC)OS(=O)(=O)[O-]. The molecule has 0 radical (unpaired) electrons. The average Bonchev–Trinajstić information content (AvgIpc) is 2.49. The number of carbonyl (C=O) groups is 2. The zero-order chi connectivity index (χ0) is 18.4. The molecule has 0 aromatic rings. The Hall–Kier alpha value is -1.19. The van der Waals surface area contributed by atoms with Gasteiger partial charge in [0.1, 0.15) is 19.3 Å². The van der Waals surface area contributed by atoms with Crippen LogP contribution in [0.4, 0.5) is 0 Å². The normalized spacial score (nSPS) is 11.5. The fraction of sp³-hybridized carbons (Fsp3) is 0.867. The molecule has 0 N–H and O–H groups in total. The van der Waals surface area contributed by atoms with Crippen molar-refractivity contribution in [3.05, 3.63) is 0 Å². The van der Waals surface area contributed by atoms with E-state index in [-0.39, 0.29) is 12.8 Å². The summed E-state index contributed by atoms with van der Waals surface area (Å²) in [5.41, 5.74) is 0. The molecule has 0 aliphatic rings. The molecule has 0 spiro atoms. The second kappa shape index (κ2) is 13.1. The molecule has 24 heavy (non-hydrogen) atoms. The monoisotopic (exact) mass is 367 g/mol. The molecule has 0 aliphatic carbocycles. The lowest BCUT2D eigenvalue weighted by atomic mass is 10.2. The van der Waals surface area contributed by atoms with Gasteiger partial charge < -0.3 is 14.0 Å². The summed E-state index contributed by atoms with van der Waals surface area (Å²) < 4.78 is 46.1. The third kappa shape index (κ3) is 14.4. The van der Waals surface area contributed by atoms with E-state index < -0.39 is 41.7 Å². The lowest BCUT2D eigenvalue weighted by Gasteiger charge is -2.19. The summed E-state index contributed by atoms with van der Waals surface area (Å²) in [6, 6.07) is 0. The first-order valence-electron chi connectivity index (χ1n) is 8.23. The average molecular weight is 367 g/mol. The standard InChI is InChI=1S/C15H28O8S/c1-3-5-7-9-14(16)21-11-13(23-24(18,19)20)12-22-15(17)10-8-6-4-2/h13H,3-12H2,1-2H3,(H,18,19,20)/p-1. The van der Waals surface area contributed by atoms with Gasteiger partial charge >= 0.3 is 11.9 Å². The van der Waals surface area contributed by atoms with E-state index >= 15 is 0 Å². The van der Waals surface area contributed by atoms with Gasteiger partial charge in [0, 0.05) is 12.8 Å². The first kappa shape index (κ1) is 22.8. The van der Waals surface area contributed by atoms with E-state index in [0.717, 1.165) is 25.7 Å². The summed E-state index contributed by atoms with van der Waals surface area (Å²) in [4.78, 5) is 23.0. The summed E-state index contributed by atoms with van der Waals surface area (Å²) in [5.74, 6) is -1.04. The second-order valence-corrected chi connectivity index (χ2v) is 6.42. The lowest BCUT2D eigenvalue weighted by molar-refractivity contribution is -0.151. The van der Waals surface area contributed by atoms with Gasteiger partial charge in [-0.05, 0) is 12.8 Å². The van der Waals surface area contributed by atoms with Crippen LogP contribution in [0, 0.1) is 0 Å². The molecule has 0 fully saturated rings. The number of carbonyl (C=O) groups excluding carboxylic acids is 2. The van der Waals surface area contributed by atoms with Crippen molar-refractivity contribution in [2.24, 2.45) is 0 Å². The van der Waals surface area contributed by atoms with Crippen LogP contribution in [-0.2, 0) is 33.6 Å². The maximum atomic E-state index is 11.5. The molecule has 0 saturated carbocycles. The van der Waals surface area contributed by atoms with E-state index in [1.165, 1.54) is 0 Å². The minimum absolute atomic E-state index is 0.196. The molecular formula is C15H27O8S-. The highest BCUT2D eigenvalue weighted by atomic mass is 32.3. The first-order chi connectivity index (χ1) is 11.3. The van der Waals surface area contributed by atoms with Crippen LogP contribution in [0.15, 0.2) is 0 Å². The Morgan fingerprint density at radius 1 is 0.875 bits per heavy atom. The van der Waals surface area contributed by atoms with Crippen LogP contribution < -0.4 is 0 Å². The van der Waals surface area contributed by atoms with Crippen LogP contribution >= 0.6 is 0 Å². The van der Waals surface area contributed by atoms with Gasteiger partial charge in [-0.25, -0.2) is 8.42 Å². The molecule has 8 nitrogen and oxygen atoms in total. The van der Waals surface area contributed by atoms with Crippen LogP contribution in [0.1, 0.15) is 65.2 Å². The van der Waals surface area contributed by atoms with Gasteiger partial charge in [-0.1, -0.05) is 39.5 Å². The highest BCUT2D eigenvalue weighted by Gasteiger charge is 2.18. The van der Waals surface area contributed by atoms with Crippen molar-refractivity contribution < 1.29 is 36.2 Å². The smallest absolute Gasteiger partial charge is 0.305 e. The second-order valence-electron chi connectivity index (χ2n) is 5.41. The summed E-state index contributed by atoms with van der Waals surface area (Å²) in [5, 5.41) is 0. The lowest BCUT2D eigenvalue weighted by Crippen LogP contribution is -2.30. The molecule has 142 valence electrons. The zero-order valence-corrected chi connectivity index (χ0v) is 15.1. The molecule has 0 unspecified atom stereocenters. The molecule has 0 atom stereocenters. The third-order valence-electron chi connectivity index (χ3n) is 3.08. The van der Waals surface area contributed by atoms with Crippen LogP contribution in [-0.4, -0.2) is 44.2 Å². The van der Waals surface area contributed by atoms with Crippen LogP contribution in [0.25, 0.3) is 0 Å². The fourth-order valence-corrected chi connectivity index (χ4v) is 2.27. The van der Waals surface area contributed by atoms with Crippen LogP contribution in [0.2, 0.25) is 0 Å². The highest BCUT2D eigenvalue weighted by molar-refractivity contribution is 7.80. The number of hydrogen-bond acceptors (Lipinski definition) is 8. The molecule has 0 aromatic heterocycles. The van der Waals surface area contributed by atoms with Crippen molar-refractivity contribution >= 4 is 22.3 Å². The Morgan fingerprint density at radius 2 is 1.29 bits per heavy atom. The maximum absolute atomic E-state index is 11.5. The summed E-state index contributed by atoms with van der Waals surface area (Å²) in [6.07, 6.45) is 4.02. The molecule has 0 rings (SSSR count). The van der Waals surface area contributed by atoms with Crippen LogP contribution in [0.3, 0.4) is 0 Å². The maximum Gasteiger partial charge on any atom is 0.305 e. The van der Waals surface area contributed by atoms with Gasteiger partial charge in [-0.2, -0.15) is 0 Å². The van der Waals surface area contributed by atoms with Gasteiger partial charge in [0.15, 0.2) is 0 Å². The predicted octanol–water partition coefficient (Wildman–Crippen LogP) is 2.08. The van der Waals surface area contributed by atoms with E-state index in [0.29, 0.717) is 12.8 Å². The molecule has 0 aliphatic heterocycles. The van der Waals surface area contributed by atoms with Crippen LogP contribution in [0.5, 0.6) is 0 Å². The molecule has 9 heteroatoms. The van der Waals surface area contributed by atoms with Crippen molar-refractivity contribution in [3.8, 4) is 0 Å². The summed E-state index contributed by atoms with van der Waals surface area (Å²) >= 11 is 0. The quantitative estimate of drug-likeness (QED) is 0.198. The van der Waals surface area contributed by atoms with Gasteiger partial charge in [0.25, 0.3) is 0 Å². The number of unbranched alkanes of at least 4 members (excludes halogenated alkanes) is 4.